The first-order valence-electron chi connectivity index (χ1n) is 6.37. The lowest BCUT2D eigenvalue weighted by molar-refractivity contribution is 0.0685. The third-order valence-electron chi connectivity index (χ3n) is 3.64. The molecule has 1 aromatic carbocycles. The molecule has 1 aromatic rings. The zero-order valence-corrected chi connectivity index (χ0v) is 12.2. The van der Waals surface area contributed by atoms with Crippen LogP contribution in [-0.4, -0.2) is 29.3 Å². The number of carbonyl (C=O) groups is 1. The van der Waals surface area contributed by atoms with Gasteiger partial charge in [-0.25, -0.2) is 4.39 Å². The maximum atomic E-state index is 13.7. The fourth-order valence-corrected chi connectivity index (χ4v) is 2.82. The summed E-state index contributed by atoms with van der Waals surface area (Å²) in [6, 6.07) is 4.05. The van der Waals surface area contributed by atoms with Gasteiger partial charge in [0.05, 0.1) is 5.56 Å². The molecule has 0 radical (unpaired) electrons. The van der Waals surface area contributed by atoms with Crippen LogP contribution in [0.3, 0.4) is 0 Å². The first-order valence-corrected chi connectivity index (χ1v) is 7.19. The quantitative estimate of drug-likeness (QED) is 0.757. The molecular weight excluding hydrogens is 288 g/mol. The Kier molecular flexibility index (Phi) is 4.69. The van der Waals surface area contributed by atoms with Crippen molar-refractivity contribution >= 4 is 29.1 Å². The van der Waals surface area contributed by atoms with E-state index in [4.69, 9.17) is 23.2 Å². The van der Waals surface area contributed by atoms with E-state index in [2.05, 4.69) is 0 Å². The van der Waals surface area contributed by atoms with Crippen LogP contribution in [0, 0.1) is 11.7 Å². The van der Waals surface area contributed by atoms with E-state index in [9.17, 15) is 9.18 Å². The van der Waals surface area contributed by atoms with E-state index >= 15 is 0 Å². The summed E-state index contributed by atoms with van der Waals surface area (Å²) in [7, 11) is 0. The molecule has 0 aliphatic carbocycles. The Morgan fingerprint density at radius 1 is 1.42 bits per heavy atom. The van der Waals surface area contributed by atoms with Crippen LogP contribution in [0.2, 0.25) is 5.02 Å². The number of benzene rings is 1. The molecule has 0 saturated carbocycles. The van der Waals surface area contributed by atoms with E-state index in [0.717, 1.165) is 12.8 Å². The van der Waals surface area contributed by atoms with Gasteiger partial charge in [0.15, 0.2) is 0 Å². The molecule has 19 heavy (non-hydrogen) atoms. The summed E-state index contributed by atoms with van der Waals surface area (Å²) in [5.74, 6) is -0.391. The molecule has 1 amide bonds. The molecule has 1 atom stereocenters. The first kappa shape index (κ1) is 14.6. The van der Waals surface area contributed by atoms with Crippen LogP contribution in [-0.2, 0) is 0 Å². The Bertz CT molecular complexity index is 471. The molecule has 0 bridgehead atoms. The SMILES string of the molecule is CC(Cl)C1CCN(C(=O)c2cc(Cl)ccc2F)CC1. The number of carbonyl (C=O) groups excluding carboxylic acids is 1. The number of halogens is 3. The maximum Gasteiger partial charge on any atom is 0.256 e. The van der Waals surface area contributed by atoms with Crippen LogP contribution in [0.15, 0.2) is 18.2 Å². The molecule has 0 aromatic heterocycles. The summed E-state index contributed by atoms with van der Waals surface area (Å²) in [6.07, 6.45) is 1.72. The summed E-state index contributed by atoms with van der Waals surface area (Å²) in [5.41, 5.74) is 0.0462. The third-order valence-corrected chi connectivity index (χ3v) is 4.23. The van der Waals surface area contributed by atoms with E-state index in [0.29, 0.717) is 24.0 Å². The van der Waals surface area contributed by atoms with E-state index in [1.807, 2.05) is 6.92 Å². The van der Waals surface area contributed by atoms with Crippen molar-refractivity contribution in [2.24, 2.45) is 5.92 Å². The van der Waals surface area contributed by atoms with Gasteiger partial charge in [-0.3, -0.25) is 4.79 Å². The monoisotopic (exact) mass is 303 g/mol. The van der Waals surface area contributed by atoms with Crippen LogP contribution < -0.4 is 0 Å². The molecule has 2 nitrogen and oxygen atoms in total. The number of nitrogens with zero attached hydrogens (tertiary/aromatic N) is 1. The normalized spacial score (nSPS) is 18.4. The van der Waals surface area contributed by atoms with E-state index in [1.165, 1.54) is 18.2 Å². The lowest BCUT2D eigenvalue weighted by Gasteiger charge is -2.33. The Morgan fingerprint density at radius 2 is 2.05 bits per heavy atom. The predicted molar refractivity (Wildman–Crippen MR) is 75.4 cm³/mol. The molecule has 104 valence electrons. The van der Waals surface area contributed by atoms with Crippen LogP contribution in [0.25, 0.3) is 0 Å². The lowest BCUT2D eigenvalue weighted by Crippen LogP contribution is -2.40. The number of rotatable bonds is 2. The Hall–Kier alpha value is -0.800. The zero-order valence-electron chi connectivity index (χ0n) is 10.7. The van der Waals surface area contributed by atoms with Gasteiger partial charge < -0.3 is 4.90 Å². The summed E-state index contributed by atoms with van der Waals surface area (Å²) in [6.45, 7) is 3.21. The molecule has 0 N–H and O–H groups in total. The molecule has 1 fully saturated rings. The standard InChI is InChI=1S/C14H16Cl2FNO/c1-9(15)10-4-6-18(7-5-10)14(19)12-8-11(16)2-3-13(12)17/h2-3,8-10H,4-7H2,1H3. The number of piperidine rings is 1. The average Bonchev–Trinajstić information content (AvgIpc) is 2.41. The molecule has 1 aliphatic heterocycles. The number of hydrogen-bond donors (Lipinski definition) is 0. The van der Waals surface area contributed by atoms with Crippen molar-refractivity contribution in [1.29, 1.82) is 0 Å². The highest BCUT2D eigenvalue weighted by molar-refractivity contribution is 6.31. The van der Waals surface area contributed by atoms with Crippen LogP contribution in [0.5, 0.6) is 0 Å². The Morgan fingerprint density at radius 3 is 2.63 bits per heavy atom. The van der Waals surface area contributed by atoms with Gasteiger partial charge in [0.2, 0.25) is 0 Å². The largest absolute Gasteiger partial charge is 0.339 e. The van der Waals surface area contributed by atoms with Gasteiger partial charge in [-0.2, -0.15) is 0 Å². The number of amides is 1. The summed E-state index contributed by atoms with van der Waals surface area (Å²) in [4.78, 5) is 13.9. The van der Waals surface area contributed by atoms with Gasteiger partial charge in [-0.15, -0.1) is 11.6 Å². The summed E-state index contributed by atoms with van der Waals surface area (Å²) in [5, 5.41) is 0.481. The van der Waals surface area contributed by atoms with Crippen molar-refractivity contribution in [3.63, 3.8) is 0 Å². The van der Waals surface area contributed by atoms with Crippen molar-refractivity contribution in [3.05, 3.63) is 34.6 Å². The number of hydrogen-bond acceptors (Lipinski definition) is 1. The molecule has 0 spiro atoms. The second kappa shape index (κ2) is 6.10. The zero-order chi connectivity index (χ0) is 14.0. The maximum absolute atomic E-state index is 13.7. The molecule has 2 rings (SSSR count). The van der Waals surface area contributed by atoms with Gasteiger partial charge in [0.25, 0.3) is 5.91 Å². The highest BCUT2D eigenvalue weighted by Crippen LogP contribution is 2.25. The predicted octanol–water partition coefficient (Wildman–Crippen LogP) is 3.96. The molecule has 1 aliphatic rings. The Balaban J connectivity index is 2.07. The molecule has 1 saturated heterocycles. The van der Waals surface area contributed by atoms with Crippen molar-refractivity contribution in [2.75, 3.05) is 13.1 Å². The second-order valence-corrected chi connectivity index (χ2v) is 6.06. The highest BCUT2D eigenvalue weighted by atomic mass is 35.5. The van der Waals surface area contributed by atoms with Crippen molar-refractivity contribution in [1.82, 2.24) is 4.90 Å². The molecule has 1 heterocycles. The third kappa shape index (κ3) is 3.40. The highest BCUT2D eigenvalue weighted by Gasteiger charge is 2.27. The van der Waals surface area contributed by atoms with Gasteiger partial charge in [0, 0.05) is 23.5 Å². The molecule has 1 unspecified atom stereocenters. The molecular formula is C14H16Cl2FNO. The van der Waals surface area contributed by atoms with Gasteiger partial charge in [-0.05, 0) is 43.9 Å². The fraction of sp³-hybridized carbons (Fsp3) is 0.500. The number of alkyl halides is 1. The minimum Gasteiger partial charge on any atom is -0.339 e. The smallest absolute Gasteiger partial charge is 0.256 e. The van der Waals surface area contributed by atoms with Crippen LogP contribution >= 0.6 is 23.2 Å². The lowest BCUT2D eigenvalue weighted by atomic mass is 9.93. The van der Waals surface area contributed by atoms with E-state index < -0.39 is 5.82 Å². The van der Waals surface area contributed by atoms with E-state index in [-0.39, 0.29) is 16.8 Å². The van der Waals surface area contributed by atoms with Gasteiger partial charge in [-0.1, -0.05) is 11.6 Å². The fourth-order valence-electron chi connectivity index (χ4n) is 2.39. The average molecular weight is 304 g/mol. The first-order chi connectivity index (χ1) is 8.99. The molecule has 5 heteroatoms. The minimum absolute atomic E-state index is 0.0462. The summed E-state index contributed by atoms with van der Waals surface area (Å²) < 4.78 is 13.7. The van der Waals surface area contributed by atoms with Crippen molar-refractivity contribution < 1.29 is 9.18 Å². The summed E-state index contributed by atoms with van der Waals surface area (Å²) >= 11 is 11.9. The van der Waals surface area contributed by atoms with Crippen LogP contribution in [0.1, 0.15) is 30.1 Å². The van der Waals surface area contributed by atoms with Crippen LogP contribution in [0.4, 0.5) is 4.39 Å². The van der Waals surface area contributed by atoms with E-state index in [1.54, 1.807) is 4.90 Å². The van der Waals surface area contributed by atoms with Crippen molar-refractivity contribution in [2.45, 2.75) is 25.1 Å². The van der Waals surface area contributed by atoms with Gasteiger partial charge >= 0.3 is 0 Å². The Labute approximate surface area is 122 Å². The topological polar surface area (TPSA) is 20.3 Å². The van der Waals surface area contributed by atoms with Crippen molar-refractivity contribution in [3.8, 4) is 0 Å². The van der Waals surface area contributed by atoms with Gasteiger partial charge in [0.1, 0.15) is 5.82 Å². The number of likely N-dealkylation sites (tertiary alicyclic amines) is 1. The minimum atomic E-state index is -0.526. The second-order valence-electron chi connectivity index (χ2n) is 4.93.